The van der Waals surface area contributed by atoms with Crippen LogP contribution in [0, 0.1) is 0 Å². The monoisotopic (exact) mass is 297 g/mol. The number of carbonyl (C=O) groups excluding carboxylic acids is 1. The van der Waals surface area contributed by atoms with Gasteiger partial charge in [0.15, 0.2) is 0 Å². The van der Waals surface area contributed by atoms with Crippen LogP contribution in [0.2, 0.25) is 0 Å². The minimum Gasteiger partial charge on any atom is -0.352 e. The van der Waals surface area contributed by atoms with Gasteiger partial charge >= 0.3 is 0 Å². The summed E-state index contributed by atoms with van der Waals surface area (Å²) in [6.07, 6.45) is 5.96. The lowest BCUT2D eigenvalue weighted by molar-refractivity contribution is -0.127. The zero-order valence-corrected chi connectivity index (χ0v) is 14.6. The Morgan fingerprint density at radius 1 is 1.29 bits per heavy atom. The van der Waals surface area contributed by atoms with Gasteiger partial charge in [0.25, 0.3) is 0 Å². The quantitative estimate of drug-likeness (QED) is 0.723. The maximum atomic E-state index is 12.4. The molecule has 1 aliphatic rings. The number of piperidine rings is 1. The van der Waals surface area contributed by atoms with Crippen molar-refractivity contribution in [3.63, 3.8) is 0 Å². The molecular weight excluding hydrogens is 262 g/mol. The van der Waals surface area contributed by atoms with Gasteiger partial charge in [-0.2, -0.15) is 0 Å². The number of nitrogens with one attached hydrogen (secondary N) is 2. The normalized spacial score (nSPS) is 22.3. The van der Waals surface area contributed by atoms with Gasteiger partial charge in [-0.1, -0.05) is 19.8 Å². The number of hydrogen-bond donors (Lipinski definition) is 2. The van der Waals surface area contributed by atoms with E-state index in [-0.39, 0.29) is 18.0 Å². The molecule has 3 atom stereocenters. The Balaban J connectivity index is 2.55. The van der Waals surface area contributed by atoms with E-state index in [1.165, 1.54) is 19.3 Å². The van der Waals surface area contributed by atoms with Crippen molar-refractivity contribution in [3.05, 3.63) is 0 Å². The van der Waals surface area contributed by atoms with E-state index in [4.69, 9.17) is 0 Å². The summed E-state index contributed by atoms with van der Waals surface area (Å²) in [6, 6.07) is 1.13. The van der Waals surface area contributed by atoms with Crippen LogP contribution in [0.3, 0.4) is 0 Å². The second-order valence-electron chi connectivity index (χ2n) is 6.81. The van der Waals surface area contributed by atoms with E-state index >= 15 is 0 Å². The molecule has 0 saturated carbocycles. The lowest BCUT2D eigenvalue weighted by atomic mass is 10.0. The standard InChI is InChI=1S/C17H35N3O/c1-6-9-14(4)19-17(21)15(5)20(13(2)3)12-16-10-7-8-11-18-16/h13-16,18H,6-12H2,1-5H3,(H,19,21). The first kappa shape index (κ1) is 18.4. The van der Waals surface area contributed by atoms with Crippen LogP contribution < -0.4 is 10.6 Å². The van der Waals surface area contributed by atoms with E-state index in [1.807, 2.05) is 6.92 Å². The van der Waals surface area contributed by atoms with Gasteiger partial charge in [0.05, 0.1) is 6.04 Å². The van der Waals surface area contributed by atoms with Crippen molar-refractivity contribution >= 4 is 5.91 Å². The van der Waals surface area contributed by atoms with Crippen LogP contribution in [0.15, 0.2) is 0 Å². The minimum absolute atomic E-state index is 0.0620. The summed E-state index contributed by atoms with van der Waals surface area (Å²) in [6.45, 7) is 12.7. The number of nitrogens with zero attached hydrogens (tertiary/aromatic N) is 1. The smallest absolute Gasteiger partial charge is 0.237 e. The molecule has 0 aliphatic carbocycles. The van der Waals surface area contributed by atoms with Gasteiger partial charge in [-0.25, -0.2) is 0 Å². The molecule has 0 bridgehead atoms. The molecule has 0 spiro atoms. The van der Waals surface area contributed by atoms with E-state index < -0.39 is 0 Å². The summed E-state index contributed by atoms with van der Waals surface area (Å²) >= 11 is 0. The highest BCUT2D eigenvalue weighted by Gasteiger charge is 2.27. The van der Waals surface area contributed by atoms with Crippen LogP contribution >= 0.6 is 0 Å². The summed E-state index contributed by atoms with van der Waals surface area (Å²) in [7, 11) is 0. The first-order valence-electron chi connectivity index (χ1n) is 8.75. The fraction of sp³-hybridized carbons (Fsp3) is 0.941. The van der Waals surface area contributed by atoms with Crippen LogP contribution in [-0.4, -0.2) is 48.1 Å². The van der Waals surface area contributed by atoms with Gasteiger partial charge in [-0.15, -0.1) is 0 Å². The topological polar surface area (TPSA) is 44.4 Å². The molecule has 21 heavy (non-hydrogen) atoms. The van der Waals surface area contributed by atoms with Gasteiger partial charge in [-0.3, -0.25) is 9.69 Å². The van der Waals surface area contributed by atoms with Crippen LogP contribution in [0.1, 0.15) is 66.7 Å². The van der Waals surface area contributed by atoms with Crippen molar-refractivity contribution in [3.8, 4) is 0 Å². The molecule has 4 nitrogen and oxygen atoms in total. The van der Waals surface area contributed by atoms with Crippen LogP contribution in [0.4, 0.5) is 0 Å². The molecule has 1 saturated heterocycles. The first-order chi connectivity index (χ1) is 9.95. The van der Waals surface area contributed by atoms with Crippen molar-refractivity contribution < 1.29 is 4.79 Å². The van der Waals surface area contributed by atoms with Crippen LogP contribution in [-0.2, 0) is 4.79 Å². The number of carbonyl (C=O) groups is 1. The van der Waals surface area contributed by atoms with E-state index in [1.54, 1.807) is 0 Å². The van der Waals surface area contributed by atoms with Gasteiger partial charge < -0.3 is 10.6 Å². The van der Waals surface area contributed by atoms with Crippen molar-refractivity contribution in [2.75, 3.05) is 13.1 Å². The predicted octanol–water partition coefficient (Wildman–Crippen LogP) is 2.53. The second-order valence-corrected chi connectivity index (χ2v) is 6.81. The molecule has 1 amide bonds. The van der Waals surface area contributed by atoms with Crippen molar-refractivity contribution in [1.29, 1.82) is 0 Å². The fourth-order valence-electron chi connectivity index (χ4n) is 3.17. The number of rotatable bonds is 8. The molecule has 2 N–H and O–H groups in total. The van der Waals surface area contributed by atoms with Gasteiger partial charge in [0.1, 0.15) is 0 Å². The van der Waals surface area contributed by atoms with E-state index in [0.29, 0.717) is 12.1 Å². The zero-order chi connectivity index (χ0) is 15.8. The molecule has 0 aromatic heterocycles. The molecule has 0 aromatic rings. The second kappa shape index (κ2) is 9.42. The largest absolute Gasteiger partial charge is 0.352 e. The zero-order valence-electron chi connectivity index (χ0n) is 14.6. The maximum absolute atomic E-state index is 12.4. The highest BCUT2D eigenvalue weighted by atomic mass is 16.2. The molecule has 1 aliphatic heterocycles. The Hall–Kier alpha value is -0.610. The molecular formula is C17H35N3O. The Morgan fingerprint density at radius 3 is 2.52 bits per heavy atom. The van der Waals surface area contributed by atoms with E-state index in [2.05, 4.69) is 43.2 Å². The summed E-state index contributed by atoms with van der Waals surface area (Å²) in [5, 5.41) is 6.74. The summed E-state index contributed by atoms with van der Waals surface area (Å²) < 4.78 is 0. The fourth-order valence-corrected chi connectivity index (χ4v) is 3.17. The molecule has 0 radical (unpaired) electrons. The summed E-state index contributed by atoms with van der Waals surface area (Å²) in [5.74, 6) is 0.167. The highest BCUT2D eigenvalue weighted by molar-refractivity contribution is 5.81. The molecule has 1 rings (SSSR count). The Kier molecular flexibility index (Phi) is 8.27. The molecule has 4 heteroatoms. The number of amides is 1. The van der Waals surface area contributed by atoms with Crippen LogP contribution in [0.5, 0.6) is 0 Å². The number of hydrogen-bond acceptors (Lipinski definition) is 3. The first-order valence-corrected chi connectivity index (χ1v) is 8.75. The van der Waals surface area contributed by atoms with Gasteiger partial charge in [0.2, 0.25) is 5.91 Å². The van der Waals surface area contributed by atoms with Crippen molar-refractivity contribution in [2.24, 2.45) is 0 Å². The van der Waals surface area contributed by atoms with E-state index in [0.717, 1.165) is 25.9 Å². The average Bonchev–Trinajstić information content (AvgIpc) is 2.45. The Labute approximate surface area is 131 Å². The third-order valence-corrected chi connectivity index (χ3v) is 4.49. The third kappa shape index (κ3) is 6.35. The van der Waals surface area contributed by atoms with Crippen molar-refractivity contribution in [2.45, 2.75) is 90.9 Å². The molecule has 1 fully saturated rings. The van der Waals surface area contributed by atoms with E-state index in [9.17, 15) is 4.79 Å². The SMILES string of the molecule is CCCC(C)NC(=O)C(C)N(CC1CCCCN1)C(C)C. The maximum Gasteiger partial charge on any atom is 0.237 e. The van der Waals surface area contributed by atoms with Crippen molar-refractivity contribution in [1.82, 2.24) is 15.5 Å². The Bertz CT molecular complexity index is 300. The van der Waals surface area contributed by atoms with Crippen LogP contribution in [0.25, 0.3) is 0 Å². The predicted molar refractivity (Wildman–Crippen MR) is 89.5 cm³/mol. The molecule has 1 heterocycles. The minimum atomic E-state index is -0.0620. The average molecular weight is 297 g/mol. The van der Waals surface area contributed by atoms with Gasteiger partial charge in [0, 0.05) is 24.7 Å². The third-order valence-electron chi connectivity index (χ3n) is 4.49. The molecule has 0 aromatic carbocycles. The summed E-state index contributed by atoms with van der Waals surface area (Å²) in [5.41, 5.74) is 0. The Morgan fingerprint density at radius 2 is 2.00 bits per heavy atom. The highest BCUT2D eigenvalue weighted by Crippen LogP contribution is 2.13. The molecule has 124 valence electrons. The lowest BCUT2D eigenvalue weighted by Gasteiger charge is -2.36. The van der Waals surface area contributed by atoms with Gasteiger partial charge in [-0.05, 0) is 53.5 Å². The lowest BCUT2D eigenvalue weighted by Crippen LogP contribution is -2.54. The summed E-state index contributed by atoms with van der Waals surface area (Å²) in [4.78, 5) is 14.8. The molecule has 3 unspecified atom stereocenters.